The third kappa shape index (κ3) is 3.51. The molecule has 30 heavy (non-hydrogen) atoms. The predicted octanol–water partition coefficient (Wildman–Crippen LogP) is 1.77. The standard InChI is InChI=1S/C20H24N4O6/c1-6-30-19(25)13-9(2)22-18-15(17(21)23-20(26)24-18)14(13)10-7-11(27-3)16(29-5)12(8-10)28-4/h7-8,14H,6H2,1-5H3,(H4,21,22,23,24,26). The van der Waals surface area contributed by atoms with Gasteiger partial charge in [0, 0.05) is 11.3 Å². The maximum absolute atomic E-state index is 12.9. The zero-order valence-corrected chi connectivity index (χ0v) is 17.4. The second kappa shape index (κ2) is 8.36. The summed E-state index contributed by atoms with van der Waals surface area (Å²) < 4.78 is 21.6. The van der Waals surface area contributed by atoms with Gasteiger partial charge < -0.3 is 30.0 Å². The number of nitrogens with zero attached hydrogens (tertiary/aromatic N) is 1. The van der Waals surface area contributed by atoms with Crippen molar-refractivity contribution in [2.45, 2.75) is 19.8 Å². The van der Waals surface area contributed by atoms with Crippen LogP contribution in [0.4, 0.5) is 11.6 Å². The van der Waals surface area contributed by atoms with Crippen molar-refractivity contribution < 1.29 is 23.7 Å². The number of nitrogen functional groups attached to an aromatic ring is 1. The van der Waals surface area contributed by atoms with Crippen LogP contribution in [0.3, 0.4) is 0 Å². The number of esters is 1. The molecule has 0 amide bonds. The molecule has 1 aromatic heterocycles. The normalized spacial score (nSPS) is 15.2. The van der Waals surface area contributed by atoms with Crippen LogP contribution in [0.5, 0.6) is 17.2 Å². The summed E-state index contributed by atoms with van der Waals surface area (Å²) in [5.74, 6) is 0.360. The van der Waals surface area contributed by atoms with Gasteiger partial charge in [0.2, 0.25) is 5.75 Å². The van der Waals surface area contributed by atoms with Crippen molar-refractivity contribution >= 4 is 17.6 Å². The number of carbonyl (C=O) groups is 1. The number of ether oxygens (including phenoxy) is 4. The Hall–Kier alpha value is -3.69. The number of nitrogens with two attached hydrogens (primary N) is 1. The topological polar surface area (TPSA) is 138 Å². The van der Waals surface area contributed by atoms with E-state index in [0.29, 0.717) is 39.6 Å². The van der Waals surface area contributed by atoms with E-state index in [4.69, 9.17) is 24.7 Å². The first kappa shape index (κ1) is 21.0. The van der Waals surface area contributed by atoms with E-state index in [2.05, 4.69) is 15.3 Å². The fraction of sp³-hybridized carbons (Fsp3) is 0.350. The Kier molecular flexibility index (Phi) is 5.86. The largest absolute Gasteiger partial charge is 0.493 e. The maximum atomic E-state index is 12.9. The minimum Gasteiger partial charge on any atom is -0.493 e. The van der Waals surface area contributed by atoms with E-state index in [9.17, 15) is 9.59 Å². The Balaban J connectivity index is 2.34. The lowest BCUT2D eigenvalue weighted by molar-refractivity contribution is -0.138. The summed E-state index contributed by atoms with van der Waals surface area (Å²) in [7, 11) is 4.50. The average Bonchev–Trinajstić information content (AvgIpc) is 2.71. The van der Waals surface area contributed by atoms with E-state index in [1.807, 2.05) is 0 Å². The number of allylic oxidation sites excluding steroid dienone is 1. The van der Waals surface area contributed by atoms with Crippen LogP contribution in [-0.4, -0.2) is 43.9 Å². The highest BCUT2D eigenvalue weighted by Gasteiger charge is 2.37. The molecule has 0 bridgehead atoms. The van der Waals surface area contributed by atoms with Gasteiger partial charge in [-0.2, -0.15) is 4.98 Å². The Bertz CT molecular complexity index is 1050. The zero-order valence-electron chi connectivity index (χ0n) is 17.4. The van der Waals surface area contributed by atoms with E-state index in [1.54, 1.807) is 26.0 Å². The third-order valence-electron chi connectivity index (χ3n) is 4.80. The van der Waals surface area contributed by atoms with Crippen molar-refractivity contribution in [3.63, 3.8) is 0 Å². The second-order valence-electron chi connectivity index (χ2n) is 6.49. The summed E-state index contributed by atoms with van der Waals surface area (Å²) in [6.07, 6.45) is 0. The number of aromatic nitrogens is 2. The highest BCUT2D eigenvalue weighted by molar-refractivity contribution is 5.95. The van der Waals surface area contributed by atoms with Gasteiger partial charge in [-0.1, -0.05) is 0 Å². The van der Waals surface area contributed by atoms with Crippen molar-refractivity contribution in [3.8, 4) is 17.2 Å². The molecule has 0 fully saturated rings. The molecule has 10 heteroatoms. The van der Waals surface area contributed by atoms with E-state index >= 15 is 0 Å². The van der Waals surface area contributed by atoms with Gasteiger partial charge in [-0.3, -0.25) is 4.98 Å². The van der Waals surface area contributed by atoms with Crippen molar-refractivity contribution in [2.75, 3.05) is 39.0 Å². The van der Waals surface area contributed by atoms with Gasteiger partial charge >= 0.3 is 11.7 Å². The Morgan fingerprint density at radius 3 is 2.33 bits per heavy atom. The number of fused-ring (bicyclic) bond motifs is 1. The lowest BCUT2D eigenvalue weighted by atomic mass is 9.81. The highest BCUT2D eigenvalue weighted by Crippen LogP contribution is 2.47. The number of H-pyrrole nitrogens is 1. The summed E-state index contributed by atoms with van der Waals surface area (Å²) in [6.45, 7) is 3.63. The number of benzene rings is 1. The van der Waals surface area contributed by atoms with Crippen molar-refractivity contribution in [1.82, 2.24) is 9.97 Å². The molecule has 1 aliphatic rings. The highest BCUT2D eigenvalue weighted by atomic mass is 16.5. The van der Waals surface area contributed by atoms with Crippen LogP contribution in [0.15, 0.2) is 28.2 Å². The molecule has 1 aromatic carbocycles. The summed E-state index contributed by atoms with van der Waals surface area (Å²) >= 11 is 0. The molecule has 0 aliphatic carbocycles. The number of anilines is 2. The fourth-order valence-electron chi connectivity index (χ4n) is 3.57. The molecule has 1 unspecified atom stereocenters. The molecule has 160 valence electrons. The van der Waals surface area contributed by atoms with Crippen molar-refractivity contribution in [1.29, 1.82) is 0 Å². The van der Waals surface area contributed by atoms with E-state index in [-0.39, 0.29) is 18.2 Å². The summed E-state index contributed by atoms with van der Waals surface area (Å²) in [5, 5.41) is 2.99. The van der Waals surface area contributed by atoms with Crippen LogP contribution >= 0.6 is 0 Å². The smallest absolute Gasteiger partial charge is 0.348 e. The van der Waals surface area contributed by atoms with Crippen LogP contribution in [0, 0.1) is 0 Å². The first-order valence-electron chi connectivity index (χ1n) is 9.20. The molecular formula is C20H24N4O6. The summed E-state index contributed by atoms with van der Waals surface area (Å²) in [5.41, 5.74) is 7.44. The molecule has 2 heterocycles. The van der Waals surface area contributed by atoms with Gasteiger partial charge in [0.25, 0.3) is 0 Å². The van der Waals surface area contributed by atoms with Gasteiger partial charge in [-0.05, 0) is 31.5 Å². The molecule has 10 nitrogen and oxygen atoms in total. The van der Waals surface area contributed by atoms with Crippen LogP contribution < -0.4 is 31.0 Å². The molecule has 0 saturated carbocycles. The van der Waals surface area contributed by atoms with Crippen LogP contribution in [-0.2, 0) is 9.53 Å². The summed E-state index contributed by atoms with van der Waals surface area (Å²) in [4.78, 5) is 31.2. The minimum absolute atomic E-state index is 0.0885. The first-order valence-corrected chi connectivity index (χ1v) is 9.20. The predicted molar refractivity (Wildman–Crippen MR) is 110 cm³/mol. The number of methoxy groups -OCH3 is 3. The number of aromatic amines is 1. The number of hydrogen-bond donors (Lipinski definition) is 3. The summed E-state index contributed by atoms with van der Waals surface area (Å²) in [6, 6.07) is 3.44. The van der Waals surface area contributed by atoms with E-state index in [0.717, 1.165) is 0 Å². The minimum atomic E-state index is -0.696. The molecule has 2 aromatic rings. The van der Waals surface area contributed by atoms with Crippen LogP contribution in [0.25, 0.3) is 0 Å². The Labute approximate surface area is 173 Å². The third-order valence-corrected chi connectivity index (χ3v) is 4.80. The molecule has 1 aliphatic heterocycles. The van der Waals surface area contributed by atoms with Gasteiger partial charge in [-0.25, -0.2) is 9.59 Å². The number of nitrogens with one attached hydrogen (secondary N) is 2. The SMILES string of the molecule is CCOC(=O)C1=C(C)Nc2nc(=O)[nH]c(N)c2C1c1cc(OC)c(OC)c(OC)c1. The molecule has 0 spiro atoms. The molecule has 1 atom stereocenters. The van der Waals surface area contributed by atoms with Gasteiger partial charge in [0.05, 0.1) is 39.4 Å². The lowest BCUT2D eigenvalue weighted by Crippen LogP contribution is -2.29. The monoisotopic (exact) mass is 416 g/mol. The number of carbonyl (C=O) groups excluding carboxylic acids is 1. The van der Waals surface area contributed by atoms with Crippen LogP contribution in [0.2, 0.25) is 0 Å². The molecule has 0 saturated heterocycles. The number of hydrogen-bond acceptors (Lipinski definition) is 9. The van der Waals surface area contributed by atoms with E-state index < -0.39 is 17.6 Å². The Morgan fingerprint density at radius 2 is 1.80 bits per heavy atom. The van der Waals surface area contributed by atoms with Gasteiger partial charge in [0.15, 0.2) is 11.5 Å². The molecule has 4 N–H and O–H groups in total. The zero-order chi connectivity index (χ0) is 22.0. The quantitative estimate of drug-likeness (QED) is 0.601. The fourth-order valence-corrected chi connectivity index (χ4v) is 3.57. The first-order chi connectivity index (χ1) is 14.4. The second-order valence-corrected chi connectivity index (χ2v) is 6.49. The average molecular weight is 416 g/mol. The maximum Gasteiger partial charge on any atom is 0.348 e. The molecular weight excluding hydrogens is 392 g/mol. The lowest BCUT2D eigenvalue weighted by Gasteiger charge is -2.30. The van der Waals surface area contributed by atoms with Gasteiger partial charge in [0.1, 0.15) is 11.6 Å². The van der Waals surface area contributed by atoms with Crippen LogP contribution in [0.1, 0.15) is 30.9 Å². The Morgan fingerprint density at radius 1 is 1.17 bits per heavy atom. The van der Waals surface area contributed by atoms with Crippen molar-refractivity contribution in [3.05, 3.63) is 45.0 Å². The van der Waals surface area contributed by atoms with E-state index in [1.165, 1.54) is 21.3 Å². The van der Waals surface area contributed by atoms with Crippen molar-refractivity contribution in [2.24, 2.45) is 0 Å². The molecule has 3 rings (SSSR count). The van der Waals surface area contributed by atoms with Gasteiger partial charge in [-0.15, -0.1) is 0 Å². The molecule has 0 radical (unpaired) electrons. The number of rotatable bonds is 6.